The molecule has 0 fully saturated rings. The first-order valence-corrected chi connectivity index (χ1v) is 6.18. The number of nitrogens with zero attached hydrogens (tertiary/aromatic N) is 2. The Morgan fingerprint density at radius 2 is 2.24 bits per heavy atom. The lowest BCUT2D eigenvalue weighted by molar-refractivity contribution is 0.683. The molecule has 0 atom stereocenters. The molecule has 0 spiro atoms. The van der Waals surface area contributed by atoms with E-state index < -0.39 is 0 Å². The number of rotatable bonds is 4. The van der Waals surface area contributed by atoms with Crippen molar-refractivity contribution < 1.29 is 0 Å². The Bertz CT molecular complexity index is 412. The smallest absolute Gasteiger partial charge is 0.144 e. The monoisotopic (exact) mass is 232 g/mol. The molecule has 17 heavy (non-hydrogen) atoms. The first-order chi connectivity index (χ1) is 8.25. The van der Waals surface area contributed by atoms with Gasteiger partial charge in [-0.1, -0.05) is 11.6 Å². The molecule has 1 aliphatic heterocycles. The molecule has 0 saturated carbocycles. The molecule has 0 amide bonds. The standard InChI is InChI=1S/C13H20N4/c1-10-11(2)17-13(9-16-10)15-8-5-12-3-6-14-7-4-12/h3,9,14H,4-8H2,1-2H3,(H,15,17). The minimum atomic E-state index is 0.877. The molecular formula is C13H20N4. The summed E-state index contributed by atoms with van der Waals surface area (Å²) in [6.45, 7) is 7.02. The van der Waals surface area contributed by atoms with Crippen LogP contribution in [0.3, 0.4) is 0 Å². The minimum Gasteiger partial charge on any atom is -0.368 e. The van der Waals surface area contributed by atoms with Gasteiger partial charge in [-0.05, 0) is 33.2 Å². The van der Waals surface area contributed by atoms with Crippen molar-refractivity contribution >= 4 is 5.82 Å². The van der Waals surface area contributed by atoms with Crippen LogP contribution in [0.25, 0.3) is 0 Å². The molecule has 0 aromatic carbocycles. The van der Waals surface area contributed by atoms with Gasteiger partial charge in [0.15, 0.2) is 0 Å². The van der Waals surface area contributed by atoms with Gasteiger partial charge >= 0.3 is 0 Å². The molecule has 0 bridgehead atoms. The van der Waals surface area contributed by atoms with Crippen molar-refractivity contribution in [3.8, 4) is 0 Å². The molecule has 1 aliphatic rings. The Kier molecular flexibility index (Phi) is 4.09. The first kappa shape index (κ1) is 12.0. The third-order valence-corrected chi connectivity index (χ3v) is 3.10. The Morgan fingerprint density at radius 3 is 2.94 bits per heavy atom. The van der Waals surface area contributed by atoms with Crippen LogP contribution < -0.4 is 10.6 Å². The molecule has 0 unspecified atom stereocenters. The van der Waals surface area contributed by atoms with Gasteiger partial charge in [0, 0.05) is 13.1 Å². The van der Waals surface area contributed by atoms with Gasteiger partial charge in [-0.25, -0.2) is 4.98 Å². The highest BCUT2D eigenvalue weighted by molar-refractivity contribution is 5.33. The molecule has 2 rings (SSSR count). The van der Waals surface area contributed by atoms with Crippen LogP contribution >= 0.6 is 0 Å². The van der Waals surface area contributed by atoms with Gasteiger partial charge in [0.2, 0.25) is 0 Å². The second-order valence-corrected chi connectivity index (χ2v) is 4.42. The Labute approximate surface area is 103 Å². The maximum absolute atomic E-state index is 4.45. The van der Waals surface area contributed by atoms with Gasteiger partial charge in [0.25, 0.3) is 0 Å². The van der Waals surface area contributed by atoms with Crippen LogP contribution in [0.1, 0.15) is 24.2 Å². The summed E-state index contributed by atoms with van der Waals surface area (Å²) < 4.78 is 0. The molecule has 2 N–H and O–H groups in total. The first-order valence-electron chi connectivity index (χ1n) is 6.18. The Hall–Kier alpha value is -1.42. The summed E-state index contributed by atoms with van der Waals surface area (Å²) in [7, 11) is 0. The maximum atomic E-state index is 4.45. The predicted octanol–water partition coefficient (Wildman–Crippen LogP) is 1.82. The number of aryl methyl sites for hydroxylation is 2. The van der Waals surface area contributed by atoms with Crippen molar-refractivity contribution in [1.29, 1.82) is 0 Å². The summed E-state index contributed by atoms with van der Waals surface area (Å²) >= 11 is 0. The van der Waals surface area contributed by atoms with E-state index in [1.807, 2.05) is 13.8 Å². The molecule has 0 saturated heterocycles. The molecule has 4 heteroatoms. The summed E-state index contributed by atoms with van der Waals surface area (Å²) in [6, 6.07) is 0. The van der Waals surface area contributed by atoms with Gasteiger partial charge in [-0.3, -0.25) is 4.98 Å². The molecule has 0 radical (unpaired) electrons. The van der Waals surface area contributed by atoms with E-state index >= 15 is 0 Å². The number of aromatic nitrogens is 2. The van der Waals surface area contributed by atoms with E-state index in [-0.39, 0.29) is 0 Å². The summed E-state index contributed by atoms with van der Waals surface area (Å²) in [5, 5.41) is 6.64. The lowest BCUT2D eigenvalue weighted by Gasteiger charge is -2.14. The number of nitrogens with one attached hydrogen (secondary N) is 2. The van der Waals surface area contributed by atoms with Crippen molar-refractivity contribution in [2.45, 2.75) is 26.7 Å². The van der Waals surface area contributed by atoms with E-state index in [1.165, 1.54) is 12.0 Å². The fourth-order valence-corrected chi connectivity index (χ4v) is 1.87. The van der Waals surface area contributed by atoms with Crippen molar-refractivity contribution in [3.63, 3.8) is 0 Å². The largest absolute Gasteiger partial charge is 0.368 e. The van der Waals surface area contributed by atoms with Gasteiger partial charge in [-0.2, -0.15) is 0 Å². The van der Waals surface area contributed by atoms with Crippen molar-refractivity contribution in [2.24, 2.45) is 0 Å². The number of anilines is 1. The lowest BCUT2D eigenvalue weighted by Crippen LogP contribution is -2.21. The maximum Gasteiger partial charge on any atom is 0.144 e. The zero-order valence-corrected chi connectivity index (χ0v) is 10.6. The van der Waals surface area contributed by atoms with E-state index in [0.29, 0.717) is 0 Å². The van der Waals surface area contributed by atoms with Gasteiger partial charge in [-0.15, -0.1) is 0 Å². The lowest BCUT2D eigenvalue weighted by atomic mass is 10.1. The highest BCUT2D eigenvalue weighted by Gasteiger charge is 2.03. The van der Waals surface area contributed by atoms with E-state index in [2.05, 4.69) is 26.7 Å². The summed E-state index contributed by atoms with van der Waals surface area (Å²) in [5.74, 6) is 0.877. The average Bonchev–Trinajstić information content (AvgIpc) is 2.35. The minimum absolute atomic E-state index is 0.877. The van der Waals surface area contributed by atoms with Gasteiger partial charge in [0.05, 0.1) is 17.6 Å². The van der Waals surface area contributed by atoms with Crippen LogP contribution in [0.5, 0.6) is 0 Å². The van der Waals surface area contributed by atoms with Crippen molar-refractivity contribution in [3.05, 3.63) is 29.2 Å². The van der Waals surface area contributed by atoms with Crippen molar-refractivity contribution in [1.82, 2.24) is 15.3 Å². The van der Waals surface area contributed by atoms with E-state index in [0.717, 1.165) is 43.3 Å². The summed E-state index contributed by atoms with van der Waals surface area (Å²) in [4.78, 5) is 8.74. The third kappa shape index (κ3) is 3.53. The second kappa shape index (κ2) is 5.77. The zero-order valence-electron chi connectivity index (χ0n) is 10.6. The molecular weight excluding hydrogens is 212 g/mol. The normalized spacial score (nSPS) is 15.5. The quantitative estimate of drug-likeness (QED) is 0.777. The van der Waals surface area contributed by atoms with E-state index in [1.54, 1.807) is 6.20 Å². The Morgan fingerprint density at radius 1 is 1.35 bits per heavy atom. The zero-order chi connectivity index (χ0) is 12.1. The van der Waals surface area contributed by atoms with Crippen molar-refractivity contribution in [2.75, 3.05) is 25.0 Å². The molecule has 4 nitrogen and oxygen atoms in total. The number of hydrogen-bond acceptors (Lipinski definition) is 4. The SMILES string of the molecule is Cc1ncc(NCCC2=CCNCC2)nc1C. The summed E-state index contributed by atoms with van der Waals surface area (Å²) in [6.07, 6.45) is 6.35. The molecule has 92 valence electrons. The molecule has 0 aliphatic carbocycles. The summed E-state index contributed by atoms with van der Waals surface area (Å²) in [5.41, 5.74) is 3.53. The van der Waals surface area contributed by atoms with E-state index in [9.17, 15) is 0 Å². The Balaban J connectivity index is 1.81. The predicted molar refractivity (Wildman–Crippen MR) is 70.2 cm³/mol. The molecule has 1 aromatic heterocycles. The number of hydrogen-bond donors (Lipinski definition) is 2. The van der Waals surface area contributed by atoms with E-state index in [4.69, 9.17) is 0 Å². The van der Waals surface area contributed by atoms with Gasteiger partial charge < -0.3 is 10.6 Å². The van der Waals surface area contributed by atoms with Crippen LogP contribution in [0.15, 0.2) is 17.8 Å². The third-order valence-electron chi connectivity index (χ3n) is 3.10. The van der Waals surface area contributed by atoms with Crippen LogP contribution in [0.2, 0.25) is 0 Å². The topological polar surface area (TPSA) is 49.8 Å². The highest BCUT2D eigenvalue weighted by Crippen LogP contribution is 2.10. The average molecular weight is 232 g/mol. The van der Waals surface area contributed by atoms with Gasteiger partial charge in [0.1, 0.15) is 5.82 Å². The highest BCUT2D eigenvalue weighted by atomic mass is 15.0. The fourth-order valence-electron chi connectivity index (χ4n) is 1.87. The van der Waals surface area contributed by atoms with Crippen LogP contribution in [0.4, 0.5) is 5.82 Å². The molecule has 2 heterocycles. The van der Waals surface area contributed by atoms with Crippen LogP contribution in [0, 0.1) is 13.8 Å². The second-order valence-electron chi connectivity index (χ2n) is 4.42. The van der Waals surface area contributed by atoms with Crippen LogP contribution in [-0.4, -0.2) is 29.6 Å². The molecule has 1 aromatic rings. The van der Waals surface area contributed by atoms with Crippen LogP contribution in [-0.2, 0) is 0 Å². The fraction of sp³-hybridized carbons (Fsp3) is 0.538.